The fourth-order valence-electron chi connectivity index (χ4n) is 3.92. The summed E-state index contributed by atoms with van der Waals surface area (Å²) in [6, 6.07) is 14.5. The topological polar surface area (TPSA) is 36.4 Å². The largest absolute Gasteiger partial charge is 0.342 e. The highest BCUT2D eigenvalue weighted by Crippen LogP contribution is 2.18. The van der Waals surface area contributed by atoms with Crippen molar-refractivity contribution in [3.05, 3.63) is 66.0 Å². The first kappa shape index (κ1) is 19.6. The van der Waals surface area contributed by atoms with E-state index in [0.29, 0.717) is 12.3 Å². The smallest absolute Gasteiger partial charge is 0.222 e. The second kappa shape index (κ2) is 10.2. The Kier molecular flexibility index (Phi) is 7.40. The number of pyridine rings is 1. The molecule has 2 heterocycles. The second-order valence-corrected chi connectivity index (χ2v) is 7.71. The summed E-state index contributed by atoms with van der Waals surface area (Å²) in [4.78, 5) is 21.6. The zero-order chi connectivity index (χ0) is 18.9. The lowest BCUT2D eigenvalue weighted by Gasteiger charge is -2.34. The third kappa shape index (κ3) is 6.47. The molecule has 4 heteroatoms. The van der Waals surface area contributed by atoms with Crippen LogP contribution in [0.1, 0.15) is 30.4 Å². The molecule has 1 fully saturated rings. The molecule has 2 aromatic rings. The SMILES string of the molecule is CN1CCC[C@H](CN(CCc2ccccc2)C(=O)CCc2cccnc2)C1. The molecule has 1 aromatic carbocycles. The minimum Gasteiger partial charge on any atom is -0.342 e. The third-order valence-corrected chi connectivity index (χ3v) is 5.42. The Labute approximate surface area is 163 Å². The van der Waals surface area contributed by atoms with Gasteiger partial charge in [-0.2, -0.15) is 0 Å². The number of benzene rings is 1. The Hall–Kier alpha value is -2.20. The molecule has 1 aromatic heterocycles. The Morgan fingerprint density at radius 1 is 1.15 bits per heavy atom. The first-order valence-corrected chi connectivity index (χ1v) is 10.1. The standard InChI is InChI=1S/C23H31N3O/c1-25-15-6-10-22(18-25)19-26(16-13-20-7-3-2-4-8-20)23(27)12-11-21-9-5-14-24-17-21/h2-5,7-9,14,17,22H,6,10-13,15-16,18-19H2,1H3/t22-/m0/s1. The van der Waals surface area contributed by atoms with E-state index < -0.39 is 0 Å². The van der Waals surface area contributed by atoms with Gasteiger partial charge in [-0.1, -0.05) is 36.4 Å². The number of likely N-dealkylation sites (tertiary alicyclic amines) is 1. The Morgan fingerprint density at radius 3 is 2.70 bits per heavy atom. The second-order valence-electron chi connectivity index (χ2n) is 7.71. The van der Waals surface area contributed by atoms with E-state index in [9.17, 15) is 4.79 Å². The van der Waals surface area contributed by atoms with Crippen LogP contribution in [0, 0.1) is 5.92 Å². The van der Waals surface area contributed by atoms with E-state index in [0.717, 1.165) is 38.0 Å². The molecule has 4 nitrogen and oxygen atoms in total. The molecule has 0 spiro atoms. The summed E-state index contributed by atoms with van der Waals surface area (Å²) in [5.74, 6) is 0.852. The number of carbonyl (C=O) groups excluding carboxylic acids is 1. The van der Waals surface area contributed by atoms with Crippen molar-refractivity contribution in [2.45, 2.75) is 32.1 Å². The molecule has 1 atom stereocenters. The highest BCUT2D eigenvalue weighted by Gasteiger charge is 2.22. The van der Waals surface area contributed by atoms with Crippen LogP contribution in [0.3, 0.4) is 0 Å². The van der Waals surface area contributed by atoms with Gasteiger partial charge < -0.3 is 9.80 Å². The number of hydrogen-bond acceptors (Lipinski definition) is 3. The van der Waals surface area contributed by atoms with Gasteiger partial charge >= 0.3 is 0 Å². The fourth-order valence-corrected chi connectivity index (χ4v) is 3.92. The lowest BCUT2D eigenvalue weighted by atomic mass is 9.97. The minimum atomic E-state index is 0.267. The van der Waals surface area contributed by atoms with Crippen molar-refractivity contribution in [2.24, 2.45) is 5.92 Å². The first-order valence-electron chi connectivity index (χ1n) is 10.1. The quantitative estimate of drug-likeness (QED) is 0.719. The van der Waals surface area contributed by atoms with Crippen molar-refractivity contribution in [1.82, 2.24) is 14.8 Å². The van der Waals surface area contributed by atoms with Crippen molar-refractivity contribution in [3.8, 4) is 0 Å². The average molecular weight is 366 g/mol. The third-order valence-electron chi connectivity index (χ3n) is 5.42. The molecule has 1 amide bonds. The molecule has 0 unspecified atom stereocenters. The predicted molar refractivity (Wildman–Crippen MR) is 110 cm³/mol. The number of carbonyl (C=O) groups is 1. The molecule has 1 saturated heterocycles. The van der Waals surface area contributed by atoms with Gasteiger partial charge in [-0.25, -0.2) is 0 Å². The highest BCUT2D eigenvalue weighted by atomic mass is 16.2. The van der Waals surface area contributed by atoms with Gasteiger partial charge in [-0.15, -0.1) is 0 Å². The fraction of sp³-hybridized carbons (Fsp3) is 0.478. The number of piperidine rings is 1. The number of rotatable bonds is 8. The summed E-state index contributed by atoms with van der Waals surface area (Å²) in [6.07, 6.45) is 8.33. The van der Waals surface area contributed by atoms with Gasteiger partial charge in [0.2, 0.25) is 5.91 Å². The molecule has 0 saturated carbocycles. The maximum Gasteiger partial charge on any atom is 0.222 e. The summed E-state index contributed by atoms with van der Waals surface area (Å²) >= 11 is 0. The number of amides is 1. The molecule has 144 valence electrons. The van der Waals surface area contributed by atoms with Crippen LogP contribution in [0.5, 0.6) is 0 Å². The monoisotopic (exact) mass is 365 g/mol. The molecule has 1 aliphatic heterocycles. The van der Waals surface area contributed by atoms with Crippen molar-refractivity contribution in [2.75, 3.05) is 33.2 Å². The molecule has 0 radical (unpaired) electrons. The summed E-state index contributed by atoms with van der Waals surface area (Å²) in [5, 5.41) is 0. The molecular formula is C23H31N3O. The van der Waals surface area contributed by atoms with Crippen molar-refractivity contribution >= 4 is 5.91 Å². The molecule has 0 aliphatic carbocycles. The molecule has 3 rings (SSSR count). The molecule has 1 aliphatic rings. The number of nitrogens with zero attached hydrogens (tertiary/aromatic N) is 3. The summed E-state index contributed by atoms with van der Waals surface area (Å²) in [5.41, 5.74) is 2.43. The van der Waals surface area contributed by atoms with Crippen molar-refractivity contribution < 1.29 is 4.79 Å². The summed E-state index contributed by atoms with van der Waals surface area (Å²) in [6.45, 7) is 3.95. The highest BCUT2D eigenvalue weighted by molar-refractivity contribution is 5.76. The van der Waals surface area contributed by atoms with Gasteiger partial charge in [-0.05, 0) is 62.4 Å². The van der Waals surface area contributed by atoms with Crippen molar-refractivity contribution in [3.63, 3.8) is 0 Å². The van der Waals surface area contributed by atoms with Crippen molar-refractivity contribution in [1.29, 1.82) is 0 Å². The van der Waals surface area contributed by atoms with Crippen LogP contribution >= 0.6 is 0 Å². The lowest BCUT2D eigenvalue weighted by molar-refractivity contribution is -0.132. The lowest BCUT2D eigenvalue weighted by Crippen LogP contribution is -2.42. The van der Waals surface area contributed by atoms with E-state index in [1.54, 1.807) is 6.20 Å². The summed E-state index contributed by atoms with van der Waals surface area (Å²) < 4.78 is 0. The van der Waals surface area contributed by atoms with Crippen LogP contribution in [0.4, 0.5) is 0 Å². The van der Waals surface area contributed by atoms with Crippen LogP contribution in [0.25, 0.3) is 0 Å². The van der Waals surface area contributed by atoms with Gasteiger partial charge in [0.15, 0.2) is 0 Å². The van der Waals surface area contributed by atoms with Gasteiger partial charge in [0.1, 0.15) is 0 Å². The molecule has 27 heavy (non-hydrogen) atoms. The van der Waals surface area contributed by atoms with Crippen LogP contribution < -0.4 is 0 Å². The van der Waals surface area contributed by atoms with Crippen LogP contribution in [0.15, 0.2) is 54.9 Å². The van der Waals surface area contributed by atoms with E-state index in [2.05, 4.69) is 46.1 Å². The van der Waals surface area contributed by atoms with Gasteiger partial charge in [-0.3, -0.25) is 9.78 Å². The average Bonchev–Trinajstić information content (AvgIpc) is 2.71. The normalized spacial score (nSPS) is 17.6. The van der Waals surface area contributed by atoms with E-state index in [1.165, 1.54) is 24.9 Å². The van der Waals surface area contributed by atoms with Crippen LogP contribution in [-0.4, -0.2) is 53.9 Å². The zero-order valence-corrected chi connectivity index (χ0v) is 16.4. The number of hydrogen-bond donors (Lipinski definition) is 0. The maximum atomic E-state index is 13.0. The van der Waals surface area contributed by atoms with E-state index in [1.807, 2.05) is 24.4 Å². The summed E-state index contributed by atoms with van der Waals surface area (Å²) in [7, 11) is 2.19. The number of aromatic nitrogens is 1. The minimum absolute atomic E-state index is 0.267. The molecule has 0 bridgehead atoms. The molecule has 0 N–H and O–H groups in total. The van der Waals surface area contributed by atoms with Gasteiger partial charge in [0, 0.05) is 38.4 Å². The van der Waals surface area contributed by atoms with Crippen LogP contribution in [0.2, 0.25) is 0 Å². The van der Waals surface area contributed by atoms with Crippen LogP contribution in [-0.2, 0) is 17.6 Å². The predicted octanol–water partition coefficient (Wildman–Crippen LogP) is 3.43. The van der Waals surface area contributed by atoms with E-state index in [4.69, 9.17) is 0 Å². The van der Waals surface area contributed by atoms with Gasteiger partial charge in [0.05, 0.1) is 0 Å². The number of aryl methyl sites for hydroxylation is 1. The maximum absolute atomic E-state index is 13.0. The zero-order valence-electron chi connectivity index (χ0n) is 16.4. The van der Waals surface area contributed by atoms with Gasteiger partial charge in [0.25, 0.3) is 0 Å². The Bertz CT molecular complexity index is 689. The van der Waals surface area contributed by atoms with E-state index in [-0.39, 0.29) is 5.91 Å². The first-order chi connectivity index (χ1) is 13.2. The Balaban J connectivity index is 1.59. The Morgan fingerprint density at radius 2 is 1.96 bits per heavy atom. The van der Waals surface area contributed by atoms with E-state index >= 15 is 0 Å². The molecular weight excluding hydrogens is 334 g/mol.